The van der Waals surface area contributed by atoms with E-state index in [1.54, 1.807) is 0 Å². The molecule has 5 nitrogen and oxygen atoms in total. The van der Waals surface area contributed by atoms with Gasteiger partial charge in [-0.05, 0) is 18.3 Å². The van der Waals surface area contributed by atoms with Crippen molar-refractivity contribution in [3.8, 4) is 0 Å². The van der Waals surface area contributed by atoms with Crippen molar-refractivity contribution in [2.45, 2.75) is 6.42 Å². The molecule has 16 heavy (non-hydrogen) atoms. The van der Waals surface area contributed by atoms with E-state index in [0.717, 1.165) is 11.3 Å². The van der Waals surface area contributed by atoms with Crippen LogP contribution in [0.15, 0.2) is 12.2 Å². The van der Waals surface area contributed by atoms with Gasteiger partial charge in [0.2, 0.25) is 17.7 Å². The average molecular weight is 220 g/mol. The first-order chi connectivity index (χ1) is 7.59. The van der Waals surface area contributed by atoms with Crippen LogP contribution in [0.3, 0.4) is 0 Å². The SMILES string of the molecule is NC(=O)CN1C(=O)[C@@H]2[C@@H](C1=O)[C@H]1C=C[C@H]2C1. The van der Waals surface area contributed by atoms with Gasteiger partial charge in [0.1, 0.15) is 6.54 Å². The van der Waals surface area contributed by atoms with E-state index in [4.69, 9.17) is 5.73 Å². The molecule has 1 heterocycles. The molecule has 5 heteroatoms. The number of carbonyl (C=O) groups is 3. The number of imide groups is 1. The highest BCUT2D eigenvalue weighted by Crippen LogP contribution is 2.52. The summed E-state index contributed by atoms with van der Waals surface area (Å²) in [5.74, 6) is -1.17. The molecule has 0 aromatic heterocycles. The van der Waals surface area contributed by atoms with Crippen molar-refractivity contribution in [3.63, 3.8) is 0 Å². The minimum atomic E-state index is -0.637. The lowest BCUT2D eigenvalue weighted by Gasteiger charge is -2.14. The minimum Gasteiger partial charge on any atom is -0.368 e. The Kier molecular flexibility index (Phi) is 1.75. The molecule has 84 valence electrons. The van der Waals surface area contributed by atoms with Gasteiger partial charge in [-0.1, -0.05) is 12.2 Å². The van der Waals surface area contributed by atoms with Gasteiger partial charge in [-0.3, -0.25) is 19.3 Å². The molecule has 0 radical (unpaired) electrons. The second kappa shape index (κ2) is 2.93. The van der Waals surface area contributed by atoms with E-state index in [1.807, 2.05) is 12.2 Å². The molecule has 2 aliphatic carbocycles. The lowest BCUT2D eigenvalue weighted by atomic mass is 9.85. The zero-order chi connectivity index (χ0) is 11.4. The van der Waals surface area contributed by atoms with E-state index in [9.17, 15) is 14.4 Å². The molecule has 2 N–H and O–H groups in total. The summed E-state index contributed by atoms with van der Waals surface area (Å²) in [6.45, 7) is -0.274. The number of amides is 3. The van der Waals surface area contributed by atoms with Crippen LogP contribution in [-0.4, -0.2) is 29.2 Å². The van der Waals surface area contributed by atoms with Crippen LogP contribution >= 0.6 is 0 Å². The maximum absolute atomic E-state index is 12.0. The smallest absolute Gasteiger partial charge is 0.237 e. The number of carbonyl (C=O) groups excluding carboxylic acids is 3. The largest absolute Gasteiger partial charge is 0.368 e. The van der Waals surface area contributed by atoms with Gasteiger partial charge in [0, 0.05) is 0 Å². The van der Waals surface area contributed by atoms with Crippen molar-refractivity contribution < 1.29 is 14.4 Å². The van der Waals surface area contributed by atoms with E-state index in [1.165, 1.54) is 0 Å². The summed E-state index contributed by atoms with van der Waals surface area (Å²) in [7, 11) is 0. The van der Waals surface area contributed by atoms with Crippen LogP contribution in [0.4, 0.5) is 0 Å². The summed E-state index contributed by atoms with van der Waals surface area (Å²) in [5, 5.41) is 0. The van der Waals surface area contributed by atoms with Crippen molar-refractivity contribution in [1.29, 1.82) is 0 Å². The van der Waals surface area contributed by atoms with Gasteiger partial charge >= 0.3 is 0 Å². The number of rotatable bonds is 2. The fourth-order valence-corrected chi connectivity index (χ4v) is 3.28. The van der Waals surface area contributed by atoms with Crippen molar-refractivity contribution in [1.82, 2.24) is 4.90 Å². The molecule has 1 saturated carbocycles. The lowest BCUT2D eigenvalue weighted by molar-refractivity contribution is -0.143. The molecule has 3 rings (SSSR count). The van der Waals surface area contributed by atoms with Crippen molar-refractivity contribution in [2.75, 3.05) is 6.54 Å². The zero-order valence-electron chi connectivity index (χ0n) is 8.63. The van der Waals surface area contributed by atoms with Gasteiger partial charge in [-0.25, -0.2) is 0 Å². The first kappa shape index (κ1) is 9.57. The third-order valence-electron chi connectivity index (χ3n) is 3.88. The van der Waals surface area contributed by atoms with Crippen LogP contribution in [0, 0.1) is 23.7 Å². The minimum absolute atomic E-state index is 0.185. The zero-order valence-corrected chi connectivity index (χ0v) is 8.63. The Labute approximate surface area is 92.3 Å². The number of hydrogen-bond acceptors (Lipinski definition) is 3. The fraction of sp³-hybridized carbons (Fsp3) is 0.545. The highest BCUT2D eigenvalue weighted by molar-refractivity contribution is 6.08. The topological polar surface area (TPSA) is 80.5 Å². The molecule has 2 fully saturated rings. The number of nitrogens with zero attached hydrogens (tertiary/aromatic N) is 1. The Morgan fingerprint density at radius 1 is 1.25 bits per heavy atom. The van der Waals surface area contributed by atoms with Gasteiger partial charge in [0.05, 0.1) is 11.8 Å². The van der Waals surface area contributed by atoms with Gasteiger partial charge in [0.15, 0.2) is 0 Å². The maximum Gasteiger partial charge on any atom is 0.237 e. The van der Waals surface area contributed by atoms with Crippen LogP contribution in [0.5, 0.6) is 0 Å². The molecular weight excluding hydrogens is 208 g/mol. The Balaban J connectivity index is 1.91. The van der Waals surface area contributed by atoms with Gasteiger partial charge in [-0.2, -0.15) is 0 Å². The summed E-state index contributed by atoms with van der Waals surface area (Å²) >= 11 is 0. The van der Waals surface area contributed by atoms with Crippen LogP contribution in [0.1, 0.15) is 6.42 Å². The molecular formula is C11H12N2O3. The first-order valence-corrected chi connectivity index (χ1v) is 5.41. The van der Waals surface area contributed by atoms with Crippen molar-refractivity contribution in [2.24, 2.45) is 29.4 Å². The molecule has 0 spiro atoms. The summed E-state index contributed by atoms with van der Waals surface area (Å²) in [4.78, 5) is 35.8. The quantitative estimate of drug-likeness (QED) is 0.492. The molecule has 1 saturated heterocycles. The highest BCUT2D eigenvalue weighted by Gasteiger charge is 2.59. The fourth-order valence-electron chi connectivity index (χ4n) is 3.28. The van der Waals surface area contributed by atoms with Crippen LogP contribution in [0.25, 0.3) is 0 Å². The number of fused-ring (bicyclic) bond motifs is 5. The van der Waals surface area contributed by atoms with E-state index in [0.29, 0.717) is 0 Å². The summed E-state index contributed by atoms with van der Waals surface area (Å²) in [6.07, 6.45) is 4.94. The van der Waals surface area contributed by atoms with Gasteiger partial charge < -0.3 is 5.73 Å². The molecule has 0 unspecified atom stereocenters. The number of nitrogens with two attached hydrogens (primary N) is 1. The van der Waals surface area contributed by atoms with Crippen LogP contribution in [0.2, 0.25) is 0 Å². The van der Waals surface area contributed by atoms with Gasteiger partial charge in [-0.15, -0.1) is 0 Å². The van der Waals surface area contributed by atoms with E-state index >= 15 is 0 Å². The van der Waals surface area contributed by atoms with E-state index in [2.05, 4.69) is 0 Å². The predicted molar refractivity (Wildman–Crippen MR) is 53.6 cm³/mol. The number of hydrogen-bond donors (Lipinski definition) is 1. The Morgan fingerprint density at radius 3 is 2.19 bits per heavy atom. The van der Waals surface area contributed by atoms with Crippen LogP contribution < -0.4 is 5.73 Å². The summed E-state index contributed by atoms with van der Waals surface area (Å²) < 4.78 is 0. The summed E-state index contributed by atoms with van der Waals surface area (Å²) in [5.41, 5.74) is 5.03. The molecule has 0 aromatic carbocycles. The second-order valence-electron chi connectivity index (χ2n) is 4.73. The Hall–Kier alpha value is -1.65. The first-order valence-electron chi connectivity index (χ1n) is 5.41. The third kappa shape index (κ3) is 1.03. The monoisotopic (exact) mass is 220 g/mol. The van der Waals surface area contributed by atoms with Crippen molar-refractivity contribution in [3.05, 3.63) is 12.2 Å². The highest BCUT2D eigenvalue weighted by atomic mass is 16.2. The Morgan fingerprint density at radius 2 is 1.75 bits per heavy atom. The van der Waals surface area contributed by atoms with E-state index < -0.39 is 5.91 Å². The second-order valence-corrected chi connectivity index (χ2v) is 4.73. The molecule has 4 atom stereocenters. The number of allylic oxidation sites excluding steroid dienone is 2. The molecule has 3 aliphatic rings. The Bertz CT molecular complexity index is 399. The lowest BCUT2D eigenvalue weighted by Crippen LogP contribution is -2.39. The van der Waals surface area contributed by atoms with Gasteiger partial charge in [0.25, 0.3) is 0 Å². The number of likely N-dealkylation sites (tertiary alicyclic amines) is 1. The third-order valence-corrected chi connectivity index (χ3v) is 3.88. The maximum atomic E-state index is 12.0. The normalized spacial score (nSPS) is 39.6. The molecule has 0 aromatic rings. The standard InChI is InChI=1S/C11H12N2O3/c12-7(14)4-13-10(15)8-5-1-2-6(3-5)9(8)11(13)16/h1-2,5-6,8-9H,3-4H2,(H2,12,14)/t5-,6-,8-,9-/m0/s1. The van der Waals surface area contributed by atoms with Crippen molar-refractivity contribution >= 4 is 17.7 Å². The summed E-state index contributed by atoms with van der Waals surface area (Å²) in [6, 6.07) is 0. The predicted octanol–water partition coefficient (Wildman–Crippen LogP) is -0.721. The molecule has 2 bridgehead atoms. The molecule has 1 aliphatic heterocycles. The average Bonchev–Trinajstić information content (AvgIpc) is 2.87. The van der Waals surface area contributed by atoms with E-state index in [-0.39, 0.29) is 42.0 Å². The number of primary amides is 1. The molecule has 3 amide bonds. The van der Waals surface area contributed by atoms with Crippen LogP contribution in [-0.2, 0) is 14.4 Å².